The zero-order valence-electron chi connectivity index (χ0n) is 52.7. The Bertz CT molecular complexity index is 6040. The van der Waals surface area contributed by atoms with E-state index in [-0.39, 0.29) is 0 Å². The summed E-state index contributed by atoms with van der Waals surface area (Å²) >= 11 is 1.90. The summed E-state index contributed by atoms with van der Waals surface area (Å²) in [7, 11) is 0. The van der Waals surface area contributed by atoms with Gasteiger partial charge in [-0.05, 0) is 113 Å². The summed E-state index contributed by atoms with van der Waals surface area (Å²) in [5.74, 6) is 3.92. The van der Waals surface area contributed by atoms with Crippen LogP contribution in [0.25, 0.3) is 197 Å². The molecule has 0 aliphatic heterocycles. The van der Waals surface area contributed by atoms with Gasteiger partial charge < -0.3 is 4.42 Å². The van der Waals surface area contributed by atoms with Crippen molar-refractivity contribution >= 4 is 118 Å². The van der Waals surface area contributed by atoms with Crippen LogP contribution in [0, 0.1) is 0 Å². The fourth-order valence-electron chi connectivity index (χ4n) is 14.2. The van der Waals surface area contributed by atoms with Crippen molar-refractivity contribution in [1.82, 2.24) is 29.9 Å². The van der Waals surface area contributed by atoms with Crippen molar-refractivity contribution in [2.45, 2.75) is 0 Å². The van der Waals surface area contributed by atoms with Gasteiger partial charge in [0, 0.05) is 80.5 Å². The van der Waals surface area contributed by atoms with Crippen molar-refractivity contribution < 1.29 is 4.42 Å². The van der Waals surface area contributed by atoms with E-state index in [9.17, 15) is 0 Å². The van der Waals surface area contributed by atoms with Gasteiger partial charge in [0.25, 0.3) is 0 Å². The minimum absolute atomic E-state index is 0.641. The molecule has 0 bridgehead atoms. The van der Waals surface area contributed by atoms with Crippen molar-refractivity contribution in [2.75, 3.05) is 0 Å². The van der Waals surface area contributed by atoms with Crippen LogP contribution >= 0.6 is 11.3 Å². The van der Waals surface area contributed by atoms with Crippen LogP contribution in [0.2, 0.25) is 0 Å². The molecule has 0 aliphatic rings. The van der Waals surface area contributed by atoms with Crippen LogP contribution in [0.3, 0.4) is 0 Å². The molecule has 16 aromatic carbocycles. The molecule has 456 valence electrons. The number of thiophene rings is 1. The van der Waals surface area contributed by atoms with E-state index < -0.39 is 0 Å². The zero-order valence-corrected chi connectivity index (χ0v) is 53.5. The third-order valence-electron chi connectivity index (χ3n) is 19.0. The Morgan fingerprint density at radius 1 is 0.204 bits per heavy atom. The lowest BCUT2D eigenvalue weighted by Crippen LogP contribution is -2.00. The van der Waals surface area contributed by atoms with Crippen molar-refractivity contribution in [1.29, 1.82) is 0 Å². The first-order valence-corrected chi connectivity index (χ1v) is 33.7. The van der Waals surface area contributed by atoms with E-state index in [1.54, 1.807) is 0 Å². The molecule has 0 N–H and O–H groups in total. The molecule has 0 saturated carbocycles. The van der Waals surface area contributed by atoms with E-state index in [4.69, 9.17) is 34.3 Å². The summed E-state index contributed by atoms with van der Waals surface area (Å²) in [6.07, 6.45) is 0. The van der Waals surface area contributed by atoms with E-state index in [0.29, 0.717) is 34.9 Å². The number of nitrogens with zero attached hydrogens (tertiary/aromatic N) is 6. The van der Waals surface area contributed by atoms with Crippen LogP contribution in [-0.4, -0.2) is 29.9 Å². The molecule has 0 atom stereocenters. The average molecular weight is 1270 g/mol. The quantitative estimate of drug-likeness (QED) is 0.140. The number of hydrogen-bond acceptors (Lipinski definition) is 8. The molecule has 7 nitrogen and oxygen atoms in total. The molecule has 0 amide bonds. The van der Waals surface area contributed by atoms with Gasteiger partial charge in [-0.3, -0.25) is 0 Å². The van der Waals surface area contributed by atoms with E-state index in [1.807, 2.05) is 145 Å². The van der Waals surface area contributed by atoms with Gasteiger partial charge in [0.2, 0.25) is 0 Å². The Balaban J connectivity index is 0.000000137. The Hall–Kier alpha value is -12.9. The number of hydrogen-bond donors (Lipinski definition) is 0. The minimum atomic E-state index is 0.641. The van der Waals surface area contributed by atoms with E-state index in [1.165, 1.54) is 79.4 Å². The highest BCUT2D eigenvalue weighted by atomic mass is 32.1. The molecule has 0 unspecified atom stereocenters. The van der Waals surface area contributed by atoms with Gasteiger partial charge >= 0.3 is 0 Å². The van der Waals surface area contributed by atoms with Crippen LogP contribution in [-0.2, 0) is 0 Å². The summed E-state index contributed by atoms with van der Waals surface area (Å²) < 4.78 is 9.21. The lowest BCUT2D eigenvalue weighted by Gasteiger charge is -2.12. The Morgan fingerprint density at radius 3 is 1.03 bits per heavy atom. The van der Waals surface area contributed by atoms with Gasteiger partial charge in [0.1, 0.15) is 11.2 Å². The van der Waals surface area contributed by atoms with E-state index in [0.717, 1.165) is 83.0 Å². The third kappa shape index (κ3) is 9.97. The standard InChI is InChI=1S/C45H27N3O.C45H27N3S/c2*1-3-10-30(11-4-1)43-46-44(31-12-5-2-6-13-31)48-45(47-43)35-15-9-14-32(27-35)33-23-24-36-34(26-33)21-20-28-18-19-29-22-25-38-37-16-7-8-17-39(37)49-42(38)41(29)40(28)36/h2*1-27H. The van der Waals surface area contributed by atoms with Crippen molar-refractivity contribution in [2.24, 2.45) is 0 Å². The molecule has 0 fully saturated rings. The Kier molecular flexibility index (Phi) is 13.6. The van der Waals surface area contributed by atoms with Crippen LogP contribution < -0.4 is 0 Å². The average Bonchev–Trinajstić information content (AvgIpc) is 1.42. The SMILES string of the molecule is c1ccc(-c2nc(-c3ccccc3)nc(-c3cccc(-c4ccc5c(ccc6ccc7ccc8c9ccccc9oc8c7c65)c4)c3)n2)cc1.c1ccc(-c2nc(-c3ccccc3)nc(-c3cccc(-c4ccc5c(ccc6ccc7ccc8c9ccccc9sc8c7c65)c4)c3)n2)cc1. The molecule has 0 radical (unpaired) electrons. The lowest BCUT2D eigenvalue weighted by molar-refractivity contribution is 0.673. The third-order valence-corrected chi connectivity index (χ3v) is 20.2. The second kappa shape index (κ2) is 23.5. The highest BCUT2D eigenvalue weighted by Crippen LogP contribution is 2.45. The number of para-hydroxylation sites is 1. The van der Waals surface area contributed by atoms with Crippen LogP contribution in [0.4, 0.5) is 0 Å². The largest absolute Gasteiger partial charge is 0.455 e. The van der Waals surface area contributed by atoms with Crippen molar-refractivity contribution in [3.8, 4) is 90.6 Å². The Morgan fingerprint density at radius 2 is 0.541 bits per heavy atom. The molecule has 0 saturated heterocycles. The molecule has 4 aromatic heterocycles. The van der Waals surface area contributed by atoms with Gasteiger partial charge in [-0.15, -0.1) is 11.3 Å². The maximum atomic E-state index is 6.53. The summed E-state index contributed by atoms with van der Waals surface area (Å²) in [5, 5.41) is 19.7. The molecule has 0 spiro atoms. The molecule has 4 heterocycles. The van der Waals surface area contributed by atoms with Gasteiger partial charge in [0.05, 0.1) is 0 Å². The highest BCUT2D eigenvalue weighted by molar-refractivity contribution is 7.26. The number of rotatable bonds is 8. The summed E-state index contributed by atoms with van der Waals surface area (Å²) in [6, 6.07) is 115. The van der Waals surface area contributed by atoms with Gasteiger partial charge in [0.15, 0.2) is 34.9 Å². The topological polar surface area (TPSA) is 90.5 Å². The normalized spacial score (nSPS) is 11.7. The first kappa shape index (κ1) is 56.6. The molecule has 98 heavy (non-hydrogen) atoms. The van der Waals surface area contributed by atoms with Crippen LogP contribution in [0.15, 0.2) is 332 Å². The highest BCUT2D eigenvalue weighted by Gasteiger charge is 2.20. The predicted molar refractivity (Wildman–Crippen MR) is 408 cm³/mol. The predicted octanol–water partition coefficient (Wildman–Crippen LogP) is 24.3. The fourth-order valence-corrected chi connectivity index (χ4v) is 15.5. The van der Waals surface area contributed by atoms with E-state index in [2.05, 4.69) is 194 Å². The fraction of sp³-hybridized carbons (Fsp3) is 0. The number of benzene rings is 16. The second-order valence-electron chi connectivity index (χ2n) is 24.8. The van der Waals surface area contributed by atoms with Crippen LogP contribution in [0.5, 0.6) is 0 Å². The van der Waals surface area contributed by atoms with Crippen molar-refractivity contribution in [3.63, 3.8) is 0 Å². The number of aromatic nitrogens is 6. The van der Waals surface area contributed by atoms with Crippen molar-refractivity contribution in [3.05, 3.63) is 328 Å². The minimum Gasteiger partial charge on any atom is -0.455 e. The number of fused-ring (bicyclic) bond motifs is 18. The summed E-state index contributed by atoms with van der Waals surface area (Å²) in [6.45, 7) is 0. The summed E-state index contributed by atoms with van der Waals surface area (Å²) in [4.78, 5) is 29.6. The number of furan rings is 1. The van der Waals surface area contributed by atoms with Gasteiger partial charge in [-0.2, -0.15) is 0 Å². The van der Waals surface area contributed by atoms with Gasteiger partial charge in [-0.25, -0.2) is 29.9 Å². The maximum Gasteiger partial charge on any atom is 0.164 e. The summed E-state index contributed by atoms with van der Waals surface area (Å²) in [5.41, 5.74) is 12.1. The van der Waals surface area contributed by atoms with Gasteiger partial charge in [-0.1, -0.05) is 285 Å². The molecule has 20 aromatic rings. The molecule has 8 heteroatoms. The first-order chi connectivity index (χ1) is 48.5. The Labute approximate surface area is 567 Å². The lowest BCUT2D eigenvalue weighted by atomic mass is 9.93. The molecular formula is C90H54N6OS. The molecular weight excluding hydrogens is 1210 g/mol. The second-order valence-corrected chi connectivity index (χ2v) is 25.9. The molecule has 20 rings (SSSR count). The first-order valence-electron chi connectivity index (χ1n) is 32.9. The maximum absolute atomic E-state index is 6.53. The van der Waals surface area contributed by atoms with E-state index >= 15 is 0 Å². The molecule has 0 aliphatic carbocycles. The van der Waals surface area contributed by atoms with Crippen LogP contribution in [0.1, 0.15) is 0 Å². The smallest absolute Gasteiger partial charge is 0.164 e. The monoisotopic (exact) mass is 1270 g/mol. The zero-order chi connectivity index (χ0) is 64.6.